The van der Waals surface area contributed by atoms with E-state index in [9.17, 15) is 4.79 Å². The number of esters is 1. The molecule has 0 amide bonds. The van der Waals surface area contributed by atoms with Crippen molar-refractivity contribution in [2.24, 2.45) is 5.92 Å². The number of rotatable bonds is 19. The molecule has 0 saturated carbocycles. The molecule has 0 spiro atoms. The predicted octanol–water partition coefficient (Wildman–Crippen LogP) is 8.00. The Balaban J connectivity index is 3.38. The number of carbonyl (C=O) groups excluding carboxylic acids is 1. The standard InChI is InChI=1S/C24H46O2/c1-4-7-9-10-11-12-13-14-15-16-17-18-19-21-24(25)26-22-23(6-3)20-8-5-2/h12-13,23H,4-11,14-22H2,1-3H3/b13-12-. The molecule has 0 aromatic rings. The first-order valence-corrected chi connectivity index (χ1v) is 11.5. The molecular weight excluding hydrogens is 320 g/mol. The fraction of sp³-hybridized carbons (Fsp3) is 0.875. The van der Waals surface area contributed by atoms with Crippen LogP contribution < -0.4 is 0 Å². The molecule has 1 atom stereocenters. The minimum absolute atomic E-state index is 0.00551. The second-order valence-corrected chi connectivity index (χ2v) is 7.73. The Morgan fingerprint density at radius 1 is 0.769 bits per heavy atom. The van der Waals surface area contributed by atoms with Crippen molar-refractivity contribution in [2.45, 2.75) is 124 Å². The Bertz CT molecular complexity index is 322. The Hall–Kier alpha value is -0.790. The highest BCUT2D eigenvalue weighted by atomic mass is 16.5. The van der Waals surface area contributed by atoms with Crippen LogP contribution in [-0.4, -0.2) is 12.6 Å². The van der Waals surface area contributed by atoms with Crippen molar-refractivity contribution in [1.82, 2.24) is 0 Å². The van der Waals surface area contributed by atoms with Crippen LogP contribution in [-0.2, 0) is 9.53 Å². The summed E-state index contributed by atoms with van der Waals surface area (Å²) >= 11 is 0. The highest BCUT2D eigenvalue weighted by Gasteiger charge is 2.09. The van der Waals surface area contributed by atoms with Crippen molar-refractivity contribution < 1.29 is 9.53 Å². The smallest absolute Gasteiger partial charge is 0.305 e. The Kier molecular flexibility index (Phi) is 19.9. The van der Waals surface area contributed by atoms with Gasteiger partial charge in [-0.2, -0.15) is 0 Å². The van der Waals surface area contributed by atoms with E-state index in [1.54, 1.807) is 0 Å². The third-order valence-corrected chi connectivity index (χ3v) is 5.17. The first kappa shape index (κ1) is 25.2. The molecule has 0 aliphatic heterocycles. The molecule has 154 valence electrons. The van der Waals surface area contributed by atoms with E-state index in [4.69, 9.17) is 4.74 Å². The molecule has 0 aliphatic carbocycles. The molecule has 0 radical (unpaired) electrons. The van der Waals surface area contributed by atoms with Gasteiger partial charge in [0.05, 0.1) is 6.61 Å². The number of hydrogen-bond acceptors (Lipinski definition) is 2. The van der Waals surface area contributed by atoms with Gasteiger partial charge in [-0.3, -0.25) is 4.79 Å². The fourth-order valence-electron chi connectivity index (χ4n) is 3.17. The van der Waals surface area contributed by atoms with Gasteiger partial charge >= 0.3 is 5.97 Å². The Morgan fingerprint density at radius 2 is 1.35 bits per heavy atom. The van der Waals surface area contributed by atoms with Crippen LogP contribution in [0.2, 0.25) is 0 Å². The van der Waals surface area contributed by atoms with Crippen LogP contribution in [0.3, 0.4) is 0 Å². The zero-order chi connectivity index (χ0) is 19.3. The summed E-state index contributed by atoms with van der Waals surface area (Å²) in [6.45, 7) is 7.29. The molecule has 0 heterocycles. The van der Waals surface area contributed by atoms with Crippen LogP contribution in [0.1, 0.15) is 124 Å². The average Bonchev–Trinajstić information content (AvgIpc) is 2.65. The van der Waals surface area contributed by atoms with Crippen molar-refractivity contribution >= 4 is 5.97 Å². The predicted molar refractivity (Wildman–Crippen MR) is 114 cm³/mol. The summed E-state index contributed by atoms with van der Waals surface area (Å²) in [5, 5.41) is 0. The lowest BCUT2D eigenvalue weighted by Gasteiger charge is -2.14. The molecule has 2 nitrogen and oxygen atoms in total. The molecule has 2 heteroatoms. The van der Waals surface area contributed by atoms with Gasteiger partial charge in [-0.05, 0) is 44.4 Å². The zero-order valence-electron chi connectivity index (χ0n) is 18.1. The molecule has 0 saturated heterocycles. The van der Waals surface area contributed by atoms with Crippen molar-refractivity contribution in [2.75, 3.05) is 6.61 Å². The molecule has 26 heavy (non-hydrogen) atoms. The summed E-state index contributed by atoms with van der Waals surface area (Å²) in [7, 11) is 0. The van der Waals surface area contributed by atoms with E-state index in [0.717, 1.165) is 19.3 Å². The maximum Gasteiger partial charge on any atom is 0.305 e. The molecule has 0 fully saturated rings. The molecule has 1 unspecified atom stereocenters. The summed E-state index contributed by atoms with van der Waals surface area (Å²) < 4.78 is 5.45. The van der Waals surface area contributed by atoms with E-state index < -0.39 is 0 Å². The minimum Gasteiger partial charge on any atom is -0.465 e. The van der Waals surface area contributed by atoms with E-state index in [2.05, 4.69) is 32.9 Å². The second-order valence-electron chi connectivity index (χ2n) is 7.73. The van der Waals surface area contributed by atoms with Crippen LogP contribution in [0.15, 0.2) is 12.2 Å². The molecule has 0 aromatic carbocycles. The van der Waals surface area contributed by atoms with Gasteiger partial charge in [-0.15, -0.1) is 0 Å². The Labute approximate surface area is 164 Å². The van der Waals surface area contributed by atoms with Crippen molar-refractivity contribution in [1.29, 1.82) is 0 Å². The second kappa shape index (κ2) is 20.5. The summed E-state index contributed by atoms with van der Waals surface area (Å²) in [4.78, 5) is 11.8. The van der Waals surface area contributed by atoms with Gasteiger partial charge in [0, 0.05) is 6.42 Å². The van der Waals surface area contributed by atoms with E-state index in [1.807, 2.05) is 0 Å². The first-order chi connectivity index (χ1) is 12.7. The maximum absolute atomic E-state index is 11.8. The lowest BCUT2D eigenvalue weighted by atomic mass is 10.0. The molecule has 0 bridgehead atoms. The summed E-state index contributed by atoms with van der Waals surface area (Å²) in [5.74, 6) is 0.560. The van der Waals surface area contributed by atoms with E-state index in [-0.39, 0.29) is 5.97 Å². The topological polar surface area (TPSA) is 26.3 Å². The van der Waals surface area contributed by atoms with Crippen molar-refractivity contribution in [3.63, 3.8) is 0 Å². The highest BCUT2D eigenvalue weighted by molar-refractivity contribution is 5.69. The zero-order valence-corrected chi connectivity index (χ0v) is 18.1. The monoisotopic (exact) mass is 366 g/mol. The van der Waals surface area contributed by atoms with Crippen molar-refractivity contribution in [3.05, 3.63) is 12.2 Å². The van der Waals surface area contributed by atoms with E-state index >= 15 is 0 Å². The van der Waals surface area contributed by atoms with Gasteiger partial charge in [-0.25, -0.2) is 0 Å². The van der Waals surface area contributed by atoms with Crippen LogP contribution >= 0.6 is 0 Å². The van der Waals surface area contributed by atoms with Crippen LogP contribution in [0.25, 0.3) is 0 Å². The molecule has 0 rings (SSSR count). The van der Waals surface area contributed by atoms with Gasteiger partial charge in [0.2, 0.25) is 0 Å². The SMILES string of the molecule is CCCCCC/C=C\CCCCCCCC(=O)OCC(CC)CCCC. The normalized spacial score (nSPS) is 12.6. The van der Waals surface area contributed by atoms with Gasteiger partial charge in [0.1, 0.15) is 0 Å². The fourth-order valence-corrected chi connectivity index (χ4v) is 3.17. The number of carbonyl (C=O) groups is 1. The molecule has 0 aromatic heterocycles. The Morgan fingerprint density at radius 3 is 1.96 bits per heavy atom. The first-order valence-electron chi connectivity index (χ1n) is 11.5. The lowest BCUT2D eigenvalue weighted by Crippen LogP contribution is -2.13. The highest BCUT2D eigenvalue weighted by Crippen LogP contribution is 2.14. The molecular formula is C24H46O2. The third-order valence-electron chi connectivity index (χ3n) is 5.17. The van der Waals surface area contributed by atoms with Gasteiger partial charge in [-0.1, -0.05) is 90.7 Å². The number of ether oxygens (including phenoxy) is 1. The van der Waals surface area contributed by atoms with E-state index in [0.29, 0.717) is 18.9 Å². The van der Waals surface area contributed by atoms with Gasteiger partial charge in [0.15, 0.2) is 0 Å². The summed E-state index contributed by atoms with van der Waals surface area (Å²) in [6, 6.07) is 0. The van der Waals surface area contributed by atoms with Crippen LogP contribution in [0, 0.1) is 5.92 Å². The quantitative estimate of drug-likeness (QED) is 0.131. The largest absolute Gasteiger partial charge is 0.465 e. The summed E-state index contributed by atoms with van der Waals surface area (Å²) in [6.07, 6.45) is 23.9. The molecule has 0 N–H and O–H groups in total. The summed E-state index contributed by atoms with van der Waals surface area (Å²) in [5.41, 5.74) is 0. The number of allylic oxidation sites excluding steroid dienone is 2. The number of unbranched alkanes of at least 4 members (excludes halogenated alkanes) is 10. The van der Waals surface area contributed by atoms with Gasteiger partial charge in [0.25, 0.3) is 0 Å². The van der Waals surface area contributed by atoms with E-state index in [1.165, 1.54) is 77.0 Å². The average molecular weight is 367 g/mol. The van der Waals surface area contributed by atoms with Gasteiger partial charge < -0.3 is 4.74 Å². The van der Waals surface area contributed by atoms with Crippen LogP contribution in [0.4, 0.5) is 0 Å². The minimum atomic E-state index is 0.00551. The lowest BCUT2D eigenvalue weighted by molar-refractivity contribution is -0.145. The number of hydrogen-bond donors (Lipinski definition) is 0. The van der Waals surface area contributed by atoms with Crippen LogP contribution in [0.5, 0.6) is 0 Å². The maximum atomic E-state index is 11.8. The molecule has 0 aliphatic rings. The third kappa shape index (κ3) is 18.0. The van der Waals surface area contributed by atoms with Crippen molar-refractivity contribution in [3.8, 4) is 0 Å².